The summed E-state index contributed by atoms with van der Waals surface area (Å²) in [7, 11) is 0. The van der Waals surface area contributed by atoms with Gasteiger partial charge in [-0.05, 0) is 32.2 Å². The molecule has 0 aromatic heterocycles. The Hall–Kier alpha value is -0.0300. The number of nitrogens with two attached hydrogens (primary N) is 1. The first-order chi connectivity index (χ1) is 7.72. The molecule has 0 radical (unpaired) electrons. The van der Waals surface area contributed by atoms with Crippen LogP contribution >= 0.6 is 24.8 Å². The number of hydrogen-bond acceptors (Lipinski definition) is 3. The normalized spacial score (nSPS) is 28.6. The Labute approximate surface area is 122 Å². The molecule has 108 valence electrons. The quantitative estimate of drug-likeness (QED) is 0.826. The molecular weight excluding hydrogens is 273 g/mol. The maximum absolute atomic E-state index is 11.7. The van der Waals surface area contributed by atoms with Crippen LogP contribution in [-0.4, -0.2) is 42.0 Å². The van der Waals surface area contributed by atoms with Gasteiger partial charge in [0.1, 0.15) is 0 Å². The van der Waals surface area contributed by atoms with E-state index in [2.05, 4.69) is 10.2 Å². The van der Waals surface area contributed by atoms with Crippen LogP contribution in [0.25, 0.3) is 0 Å². The van der Waals surface area contributed by atoms with E-state index in [1.165, 1.54) is 25.8 Å². The molecule has 2 unspecified atom stereocenters. The number of carbonyl (C=O) groups is 1. The fourth-order valence-corrected chi connectivity index (χ4v) is 2.89. The molecule has 0 spiro atoms. The van der Waals surface area contributed by atoms with Crippen LogP contribution in [0.4, 0.5) is 0 Å². The van der Waals surface area contributed by atoms with Gasteiger partial charge in [-0.25, -0.2) is 0 Å². The fourth-order valence-electron chi connectivity index (χ4n) is 2.89. The van der Waals surface area contributed by atoms with Gasteiger partial charge in [0.25, 0.3) is 0 Å². The third kappa shape index (κ3) is 3.98. The van der Waals surface area contributed by atoms with Gasteiger partial charge in [0, 0.05) is 18.6 Å². The molecule has 2 aliphatic rings. The molecule has 3 N–H and O–H groups in total. The molecule has 2 heterocycles. The lowest BCUT2D eigenvalue weighted by molar-refractivity contribution is -0.123. The number of halogens is 2. The lowest BCUT2D eigenvalue weighted by Gasteiger charge is -2.32. The minimum absolute atomic E-state index is 0. The number of hydrogen-bond donors (Lipinski definition) is 2. The van der Waals surface area contributed by atoms with E-state index in [-0.39, 0.29) is 36.8 Å². The second kappa shape index (κ2) is 8.20. The van der Waals surface area contributed by atoms with Gasteiger partial charge in [0.05, 0.1) is 6.04 Å². The number of rotatable bonds is 3. The Morgan fingerprint density at radius 1 is 1.33 bits per heavy atom. The van der Waals surface area contributed by atoms with Crippen molar-refractivity contribution < 1.29 is 4.79 Å². The maximum Gasteiger partial charge on any atom is 0.237 e. The smallest absolute Gasteiger partial charge is 0.237 e. The highest BCUT2D eigenvalue weighted by Crippen LogP contribution is 2.27. The van der Waals surface area contributed by atoms with Crippen molar-refractivity contribution in [2.45, 2.75) is 57.2 Å². The lowest BCUT2D eigenvalue weighted by atomic mass is 9.99. The van der Waals surface area contributed by atoms with E-state index in [0.29, 0.717) is 18.5 Å². The van der Waals surface area contributed by atoms with Gasteiger partial charge in [-0.15, -0.1) is 24.8 Å². The summed E-state index contributed by atoms with van der Waals surface area (Å²) in [6, 6.07) is 0.574. The van der Waals surface area contributed by atoms with Crippen LogP contribution in [0, 0.1) is 0 Å². The zero-order valence-electron chi connectivity index (χ0n) is 10.9. The van der Waals surface area contributed by atoms with Crippen LogP contribution in [0.2, 0.25) is 0 Å². The summed E-state index contributed by atoms with van der Waals surface area (Å²) >= 11 is 0. The van der Waals surface area contributed by atoms with E-state index in [0.717, 1.165) is 13.0 Å². The van der Waals surface area contributed by atoms with Crippen LogP contribution in [0.5, 0.6) is 0 Å². The van der Waals surface area contributed by atoms with Crippen molar-refractivity contribution in [1.29, 1.82) is 0 Å². The number of amides is 1. The number of carbonyl (C=O) groups excluding carboxylic acids is 1. The SMILES string of the molecule is CC[C@H](N)C(=O)NC1CCN2CCCCC12.Cl.Cl. The third-order valence-electron chi connectivity index (χ3n) is 3.96. The van der Waals surface area contributed by atoms with Crippen molar-refractivity contribution in [3.05, 3.63) is 0 Å². The maximum atomic E-state index is 11.7. The Bertz CT molecular complexity index is 266. The Balaban J connectivity index is 0.00000144. The molecule has 6 heteroatoms. The summed E-state index contributed by atoms with van der Waals surface area (Å²) in [6.07, 6.45) is 5.64. The highest BCUT2D eigenvalue weighted by atomic mass is 35.5. The highest BCUT2D eigenvalue weighted by Gasteiger charge is 2.36. The molecule has 1 amide bonds. The summed E-state index contributed by atoms with van der Waals surface area (Å²) in [5.74, 6) is 0.0277. The molecule has 3 atom stereocenters. The molecule has 0 bridgehead atoms. The van der Waals surface area contributed by atoms with Crippen LogP contribution in [0.15, 0.2) is 0 Å². The van der Waals surface area contributed by atoms with Crippen molar-refractivity contribution in [2.75, 3.05) is 13.1 Å². The van der Waals surface area contributed by atoms with Crippen molar-refractivity contribution >= 4 is 30.7 Å². The first kappa shape index (κ1) is 18.0. The number of fused-ring (bicyclic) bond motifs is 1. The van der Waals surface area contributed by atoms with Gasteiger partial charge in [0.15, 0.2) is 0 Å². The average molecular weight is 298 g/mol. The molecular formula is C12H25Cl2N3O. The number of nitrogens with one attached hydrogen (secondary N) is 1. The number of piperidine rings is 1. The molecule has 2 aliphatic heterocycles. The minimum atomic E-state index is -0.336. The van der Waals surface area contributed by atoms with Crippen molar-refractivity contribution in [1.82, 2.24) is 10.2 Å². The largest absolute Gasteiger partial charge is 0.350 e. The zero-order chi connectivity index (χ0) is 11.5. The summed E-state index contributed by atoms with van der Waals surface area (Å²) in [4.78, 5) is 14.3. The number of nitrogens with zero attached hydrogens (tertiary/aromatic N) is 1. The van der Waals surface area contributed by atoms with Gasteiger partial charge >= 0.3 is 0 Å². The molecule has 2 fully saturated rings. The summed E-state index contributed by atoms with van der Waals surface area (Å²) < 4.78 is 0. The highest BCUT2D eigenvalue weighted by molar-refractivity contribution is 5.85. The monoisotopic (exact) mass is 297 g/mol. The molecule has 0 aromatic carbocycles. The van der Waals surface area contributed by atoms with Crippen molar-refractivity contribution in [3.63, 3.8) is 0 Å². The van der Waals surface area contributed by atoms with Gasteiger partial charge < -0.3 is 11.1 Å². The van der Waals surface area contributed by atoms with E-state index in [4.69, 9.17) is 5.73 Å². The summed E-state index contributed by atoms with van der Waals surface area (Å²) in [6.45, 7) is 4.29. The van der Waals surface area contributed by atoms with Crippen LogP contribution in [0.3, 0.4) is 0 Å². The summed E-state index contributed by atoms with van der Waals surface area (Å²) in [5.41, 5.74) is 5.74. The second-order valence-corrected chi connectivity index (χ2v) is 5.02. The predicted octanol–water partition coefficient (Wildman–Crippen LogP) is 1.31. The first-order valence-corrected chi connectivity index (χ1v) is 6.52. The Kier molecular flexibility index (Phi) is 8.19. The topological polar surface area (TPSA) is 58.4 Å². The lowest BCUT2D eigenvalue weighted by Crippen LogP contribution is -2.51. The van der Waals surface area contributed by atoms with Gasteiger partial charge in [0.2, 0.25) is 5.91 Å². The van der Waals surface area contributed by atoms with Crippen LogP contribution in [0.1, 0.15) is 39.0 Å². The Morgan fingerprint density at radius 2 is 2.06 bits per heavy atom. The average Bonchev–Trinajstić information content (AvgIpc) is 2.72. The molecule has 2 rings (SSSR count). The van der Waals surface area contributed by atoms with E-state index in [1.807, 2.05) is 6.92 Å². The summed E-state index contributed by atoms with van der Waals surface area (Å²) in [5, 5.41) is 3.12. The first-order valence-electron chi connectivity index (χ1n) is 6.52. The van der Waals surface area contributed by atoms with Gasteiger partial charge in [-0.1, -0.05) is 13.3 Å². The van der Waals surface area contributed by atoms with Crippen molar-refractivity contribution in [2.24, 2.45) is 5.73 Å². The van der Waals surface area contributed by atoms with E-state index < -0.39 is 0 Å². The zero-order valence-corrected chi connectivity index (χ0v) is 12.6. The third-order valence-corrected chi connectivity index (χ3v) is 3.96. The molecule has 18 heavy (non-hydrogen) atoms. The fraction of sp³-hybridized carbons (Fsp3) is 0.917. The van der Waals surface area contributed by atoms with E-state index in [9.17, 15) is 4.79 Å². The van der Waals surface area contributed by atoms with Gasteiger partial charge in [-0.2, -0.15) is 0 Å². The molecule has 0 aromatic rings. The van der Waals surface area contributed by atoms with Crippen molar-refractivity contribution in [3.8, 4) is 0 Å². The van der Waals surface area contributed by atoms with E-state index in [1.54, 1.807) is 0 Å². The van der Waals surface area contributed by atoms with E-state index >= 15 is 0 Å². The predicted molar refractivity (Wildman–Crippen MR) is 78.5 cm³/mol. The standard InChI is InChI=1S/C12H23N3O.2ClH/c1-2-9(13)12(16)14-10-6-8-15-7-4-3-5-11(10)15;;/h9-11H,2-8,13H2,1H3,(H,14,16);2*1H/t9-,10?,11?;;/m0../s1. The minimum Gasteiger partial charge on any atom is -0.350 e. The Morgan fingerprint density at radius 3 is 2.72 bits per heavy atom. The molecule has 0 saturated carbocycles. The molecule has 0 aliphatic carbocycles. The van der Waals surface area contributed by atoms with Crippen LogP contribution < -0.4 is 11.1 Å². The second-order valence-electron chi connectivity index (χ2n) is 5.02. The molecule has 4 nitrogen and oxygen atoms in total. The van der Waals surface area contributed by atoms with Crippen LogP contribution in [-0.2, 0) is 4.79 Å². The molecule has 2 saturated heterocycles. The van der Waals surface area contributed by atoms with Gasteiger partial charge in [-0.3, -0.25) is 9.69 Å².